The molecule has 2 heterocycles. The molecule has 0 spiro atoms. The van der Waals surface area contributed by atoms with Gasteiger partial charge in [-0.2, -0.15) is 0 Å². The van der Waals surface area contributed by atoms with Crippen molar-refractivity contribution < 1.29 is 13.6 Å². The number of carbonyl (C=O) groups is 1. The van der Waals surface area contributed by atoms with Crippen molar-refractivity contribution in [2.24, 2.45) is 0 Å². The fourth-order valence-corrected chi connectivity index (χ4v) is 4.11. The molecule has 1 aromatic carbocycles. The third-order valence-electron chi connectivity index (χ3n) is 4.70. The highest BCUT2D eigenvalue weighted by Gasteiger charge is 2.24. The molecule has 1 aliphatic rings. The van der Waals surface area contributed by atoms with E-state index in [1.165, 1.54) is 23.8 Å². The summed E-state index contributed by atoms with van der Waals surface area (Å²) >= 11 is 1.69. The molecule has 0 radical (unpaired) electrons. The van der Waals surface area contributed by atoms with Crippen LogP contribution in [0.5, 0.6) is 0 Å². The van der Waals surface area contributed by atoms with Gasteiger partial charge >= 0.3 is 6.03 Å². The topological polar surface area (TPSA) is 44.4 Å². The molecule has 1 aliphatic heterocycles. The highest BCUT2D eigenvalue weighted by atomic mass is 32.1. The normalized spacial score (nSPS) is 17.0. The van der Waals surface area contributed by atoms with Gasteiger partial charge in [0.25, 0.3) is 0 Å². The van der Waals surface area contributed by atoms with Gasteiger partial charge in [0.05, 0.1) is 12.1 Å². The van der Waals surface area contributed by atoms with E-state index < -0.39 is 17.7 Å². The molecule has 0 saturated carbocycles. The first kappa shape index (κ1) is 18.8. The number of likely N-dealkylation sites (tertiary alicyclic amines) is 1. The van der Waals surface area contributed by atoms with Crippen LogP contribution < -0.4 is 10.6 Å². The van der Waals surface area contributed by atoms with Crippen molar-refractivity contribution in [3.05, 3.63) is 57.8 Å². The van der Waals surface area contributed by atoms with Gasteiger partial charge in [0, 0.05) is 11.4 Å². The lowest BCUT2D eigenvalue weighted by atomic mass is 10.1. The van der Waals surface area contributed by atoms with Crippen LogP contribution in [0.3, 0.4) is 0 Å². The molecule has 7 heteroatoms. The van der Waals surface area contributed by atoms with Crippen LogP contribution in [0.1, 0.15) is 42.3 Å². The van der Waals surface area contributed by atoms with Gasteiger partial charge in [-0.1, -0.05) is 12.1 Å². The van der Waals surface area contributed by atoms with Crippen LogP contribution >= 0.6 is 11.3 Å². The number of halogens is 2. The molecular formula is C19H23F2N3OS. The van der Waals surface area contributed by atoms with Crippen LogP contribution in [0.15, 0.2) is 35.7 Å². The number of amides is 2. The number of thiophene rings is 1. The molecular weight excluding hydrogens is 356 g/mol. The molecule has 2 atom stereocenters. The molecule has 0 bridgehead atoms. The lowest BCUT2D eigenvalue weighted by molar-refractivity contribution is 0.220. The first-order chi connectivity index (χ1) is 12.5. The summed E-state index contributed by atoms with van der Waals surface area (Å²) in [4.78, 5) is 15.9. The van der Waals surface area contributed by atoms with E-state index in [2.05, 4.69) is 21.6 Å². The Labute approximate surface area is 156 Å². The van der Waals surface area contributed by atoms with Crippen molar-refractivity contribution in [2.45, 2.75) is 31.8 Å². The van der Waals surface area contributed by atoms with Crippen LogP contribution in [0, 0.1) is 11.6 Å². The number of urea groups is 1. The first-order valence-corrected chi connectivity index (χ1v) is 9.69. The SMILES string of the molecule is CC(NC(=O)NCC(c1cccs1)N1CCCC1)c1ccc(F)c(F)c1. The Hall–Kier alpha value is -1.99. The predicted molar refractivity (Wildman–Crippen MR) is 99.2 cm³/mol. The molecule has 1 aromatic heterocycles. The Kier molecular flexibility index (Phi) is 6.21. The Morgan fingerprint density at radius 1 is 1.23 bits per heavy atom. The van der Waals surface area contributed by atoms with E-state index in [1.54, 1.807) is 18.3 Å². The second-order valence-electron chi connectivity index (χ2n) is 6.52. The molecule has 1 fully saturated rings. The van der Waals surface area contributed by atoms with Crippen molar-refractivity contribution in [2.75, 3.05) is 19.6 Å². The highest BCUT2D eigenvalue weighted by Crippen LogP contribution is 2.27. The number of nitrogens with one attached hydrogen (secondary N) is 2. The molecule has 3 rings (SSSR count). The van der Waals surface area contributed by atoms with Crippen molar-refractivity contribution >= 4 is 17.4 Å². The number of rotatable bonds is 6. The van der Waals surface area contributed by atoms with Gasteiger partial charge in [0.1, 0.15) is 0 Å². The fraction of sp³-hybridized carbons (Fsp3) is 0.421. The molecule has 0 aliphatic carbocycles. The second kappa shape index (κ2) is 8.60. The number of benzene rings is 1. The summed E-state index contributed by atoms with van der Waals surface area (Å²) in [6, 6.07) is 7.20. The van der Waals surface area contributed by atoms with Gasteiger partial charge < -0.3 is 10.6 Å². The molecule has 4 nitrogen and oxygen atoms in total. The maximum absolute atomic E-state index is 13.4. The lowest BCUT2D eigenvalue weighted by Crippen LogP contribution is -2.42. The van der Waals surface area contributed by atoms with Crippen molar-refractivity contribution in [3.8, 4) is 0 Å². The molecule has 1 saturated heterocycles. The van der Waals surface area contributed by atoms with Gasteiger partial charge in [0.15, 0.2) is 11.6 Å². The monoisotopic (exact) mass is 379 g/mol. The number of hydrogen-bond acceptors (Lipinski definition) is 3. The zero-order chi connectivity index (χ0) is 18.5. The second-order valence-corrected chi connectivity index (χ2v) is 7.50. The highest BCUT2D eigenvalue weighted by molar-refractivity contribution is 7.10. The quantitative estimate of drug-likeness (QED) is 0.789. The fourth-order valence-electron chi connectivity index (χ4n) is 3.25. The summed E-state index contributed by atoms with van der Waals surface area (Å²) in [6.45, 7) is 4.33. The van der Waals surface area contributed by atoms with E-state index in [0.29, 0.717) is 12.1 Å². The summed E-state index contributed by atoms with van der Waals surface area (Å²) in [5, 5.41) is 7.75. The van der Waals surface area contributed by atoms with Crippen molar-refractivity contribution in [3.63, 3.8) is 0 Å². The van der Waals surface area contributed by atoms with Crippen molar-refractivity contribution in [1.29, 1.82) is 0 Å². The van der Waals surface area contributed by atoms with Gasteiger partial charge in [-0.3, -0.25) is 4.90 Å². The maximum Gasteiger partial charge on any atom is 0.315 e. The van der Waals surface area contributed by atoms with Crippen LogP contribution in [0.25, 0.3) is 0 Å². The van der Waals surface area contributed by atoms with Gasteiger partial charge in [-0.25, -0.2) is 13.6 Å². The number of nitrogens with zero attached hydrogens (tertiary/aromatic N) is 1. The van der Waals surface area contributed by atoms with E-state index >= 15 is 0 Å². The third kappa shape index (κ3) is 4.59. The summed E-state index contributed by atoms with van der Waals surface area (Å²) in [5.74, 6) is -1.81. The Bertz CT molecular complexity index is 732. The molecule has 2 unspecified atom stereocenters. The molecule has 26 heavy (non-hydrogen) atoms. The van der Waals surface area contributed by atoms with E-state index in [4.69, 9.17) is 0 Å². The molecule has 2 amide bonds. The average molecular weight is 379 g/mol. The van der Waals surface area contributed by atoms with E-state index in [-0.39, 0.29) is 12.1 Å². The molecule has 2 N–H and O–H groups in total. The molecule has 140 valence electrons. The standard InChI is InChI=1S/C19H23F2N3OS/c1-13(14-6-7-15(20)16(21)11-14)23-19(25)22-12-17(18-5-4-10-26-18)24-8-2-3-9-24/h4-7,10-11,13,17H,2-3,8-9,12H2,1H3,(H2,22,23,25). The largest absolute Gasteiger partial charge is 0.336 e. The average Bonchev–Trinajstić information content (AvgIpc) is 3.31. The van der Waals surface area contributed by atoms with Gasteiger partial charge in [-0.15, -0.1) is 11.3 Å². The Balaban J connectivity index is 1.57. The van der Waals surface area contributed by atoms with E-state index in [9.17, 15) is 13.6 Å². The first-order valence-electron chi connectivity index (χ1n) is 8.81. The minimum atomic E-state index is -0.914. The predicted octanol–water partition coefficient (Wildman–Crippen LogP) is 4.22. The van der Waals surface area contributed by atoms with Crippen LogP contribution in [0.4, 0.5) is 13.6 Å². The zero-order valence-electron chi connectivity index (χ0n) is 14.7. The Morgan fingerprint density at radius 3 is 2.65 bits per heavy atom. The zero-order valence-corrected chi connectivity index (χ0v) is 15.5. The summed E-state index contributed by atoms with van der Waals surface area (Å²) < 4.78 is 26.4. The van der Waals surface area contributed by atoms with Crippen LogP contribution in [-0.2, 0) is 0 Å². The summed E-state index contributed by atoms with van der Waals surface area (Å²) in [5.41, 5.74) is 0.522. The van der Waals surface area contributed by atoms with Gasteiger partial charge in [-0.05, 0) is 62.0 Å². The third-order valence-corrected chi connectivity index (χ3v) is 5.67. The van der Waals surface area contributed by atoms with E-state index in [1.807, 2.05) is 11.4 Å². The molecule has 2 aromatic rings. The summed E-state index contributed by atoms with van der Waals surface area (Å²) in [7, 11) is 0. The minimum Gasteiger partial charge on any atom is -0.336 e. The minimum absolute atomic E-state index is 0.168. The maximum atomic E-state index is 13.4. The Morgan fingerprint density at radius 2 is 2.00 bits per heavy atom. The van der Waals surface area contributed by atoms with Gasteiger partial charge in [0.2, 0.25) is 0 Å². The van der Waals surface area contributed by atoms with Crippen LogP contribution in [0.2, 0.25) is 0 Å². The smallest absolute Gasteiger partial charge is 0.315 e. The number of carbonyl (C=O) groups excluding carboxylic acids is 1. The van der Waals surface area contributed by atoms with Crippen molar-refractivity contribution in [1.82, 2.24) is 15.5 Å². The summed E-state index contributed by atoms with van der Waals surface area (Å²) in [6.07, 6.45) is 2.36. The lowest BCUT2D eigenvalue weighted by Gasteiger charge is -2.27. The van der Waals surface area contributed by atoms with E-state index in [0.717, 1.165) is 25.2 Å². The van der Waals surface area contributed by atoms with Crippen LogP contribution in [-0.4, -0.2) is 30.6 Å². The number of hydrogen-bond donors (Lipinski definition) is 2.